The monoisotopic (exact) mass is 469 g/mol. The highest BCUT2D eigenvalue weighted by molar-refractivity contribution is 5.95. The Hall–Kier alpha value is -3.41. The van der Waals surface area contributed by atoms with Gasteiger partial charge in [0.2, 0.25) is 0 Å². The summed E-state index contributed by atoms with van der Waals surface area (Å²) in [5, 5.41) is 5.65. The lowest BCUT2D eigenvalue weighted by atomic mass is 9.87. The summed E-state index contributed by atoms with van der Waals surface area (Å²) in [6, 6.07) is 11.2. The van der Waals surface area contributed by atoms with Crippen molar-refractivity contribution in [3.8, 4) is 11.3 Å². The van der Waals surface area contributed by atoms with Gasteiger partial charge in [0.15, 0.2) is 0 Å². The molecule has 1 saturated heterocycles. The number of nitrogens with zero attached hydrogens (tertiary/aromatic N) is 4. The zero-order chi connectivity index (χ0) is 24.9. The Morgan fingerprint density at radius 3 is 2.34 bits per heavy atom. The highest BCUT2D eigenvalue weighted by Gasteiger charge is 2.27. The fourth-order valence-electron chi connectivity index (χ4n) is 5.69. The van der Waals surface area contributed by atoms with Crippen LogP contribution in [0.2, 0.25) is 0 Å². The standard InChI is InChI=1S/C29H35N5O/c1-17(2)27-24-15-22(7-8-26(24)31-28(27)23-13-18(3)30-19(4)14-23)21-9-11-34(12-10-21)29(35)25-16-33(6)32-20(25)5/h7-8,13-17,21,31H,9-12H2,1-6H3. The van der Waals surface area contributed by atoms with Crippen LogP contribution in [-0.4, -0.2) is 43.6 Å². The molecule has 1 aliphatic heterocycles. The smallest absolute Gasteiger partial charge is 0.257 e. The molecule has 1 fully saturated rings. The molecule has 1 amide bonds. The molecule has 1 aliphatic rings. The predicted octanol–water partition coefficient (Wildman–Crippen LogP) is 6.03. The van der Waals surface area contributed by atoms with Crippen LogP contribution < -0.4 is 0 Å². The second kappa shape index (κ2) is 8.99. The second-order valence-electron chi connectivity index (χ2n) is 10.4. The molecule has 1 N–H and O–H groups in total. The topological polar surface area (TPSA) is 66.8 Å². The van der Waals surface area contributed by atoms with E-state index in [1.54, 1.807) is 4.68 Å². The first kappa shape index (κ1) is 23.3. The van der Waals surface area contributed by atoms with Gasteiger partial charge in [-0.15, -0.1) is 0 Å². The summed E-state index contributed by atoms with van der Waals surface area (Å²) in [5.74, 6) is 0.956. The van der Waals surface area contributed by atoms with E-state index in [2.05, 4.69) is 73.1 Å². The van der Waals surface area contributed by atoms with Gasteiger partial charge in [0.25, 0.3) is 5.91 Å². The Bertz CT molecular complexity index is 1380. The van der Waals surface area contributed by atoms with Crippen LogP contribution in [0, 0.1) is 20.8 Å². The zero-order valence-corrected chi connectivity index (χ0v) is 21.6. The molecule has 0 radical (unpaired) electrons. The molecule has 0 atom stereocenters. The molecule has 4 heterocycles. The van der Waals surface area contributed by atoms with Crippen molar-refractivity contribution in [2.75, 3.05) is 13.1 Å². The number of H-pyrrole nitrogens is 1. The van der Waals surface area contributed by atoms with E-state index in [-0.39, 0.29) is 5.91 Å². The Balaban J connectivity index is 1.41. The second-order valence-corrected chi connectivity index (χ2v) is 10.4. The number of hydrogen-bond acceptors (Lipinski definition) is 3. The van der Waals surface area contributed by atoms with E-state index < -0.39 is 0 Å². The van der Waals surface area contributed by atoms with E-state index in [0.29, 0.717) is 11.8 Å². The predicted molar refractivity (Wildman–Crippen MR) is 141 cm³/mol. The fourth-order valence-corrected chi connectivity index (χ4v) is 5.69. The van der Waals surface area contributed by atoms with Gasteiger partial charge in [0, 0.05) is 54.2 Å². The normalized spacial score (nSPS) is 14.9. The maximum absolute atomic E-state index is 13.0. The molecule has 0 saturated carbocycles. The van der Waals surface area contributed by atoms with Gasteiger partial charge in [0.1, 0.15) is 0 Å². The first-order valence-corrected chi connectivity index (χ1v) is 12.6. The molecule has 0 aliphatic carbocycles. The lowest BCUT2D eigenvalue weighted by molar-refractivity contribution is 0.0712. The zero-order valence-electron chi connectivity index (χ0n) is 21.6. The van der Waals surface area contributed by atoms with Crippen LogP contribution in [0.15, 0.2) is 36.5 Å². The molecule has 182 valence electrons. The van der Waals surface area contributed by atoms with Crippen LogP contribution in [0.25, 0.3) is 22.2 Å². The molecule has 5 rings (SSSR count). The van der Waals surface area contributed by atoms with E-state index >= 15 is 0 Å². The number of aromatic nitrogens is 4. The summed E-state index contributed by atoms with van der Waals surface area (Å²) >= 11 is 0. The number of likely N-dealkylation sites (tertiary alicyclic amines) is 1. The molecule has 0 spiro atoms. The third-order valence-corrected chi connectivity index (χ3v) is 7.31. The third kappa shape index (κ3) is 4.38. The summed E-state index contributed by atoms with van der Waals surface area (Å²) in [6.07, 6.45) is 3.79. The van der Waals surface area contributed by atoms with Crippen molar-refractivity contribution >= 4 is 16.8 Å². The molecule has 0 unspecified atom stereocenters. The Morgan fingerprint density at radius 1 is 1.06 bits per heavy atom. The Morgan fingerprint density at radius 2 is 1.74 bits per heavy atom. The Labute approximate surface area is 207 Å². The average Bonchev–Trinajstić information content (AvgIpc) is 3.37. The summed E-state index contributed by atoms with van der Waals surface area (Å²) in [7, 11) is 1.86. The van der Waals surface area contributed by atoms with E-state index in [0.717, 1.165) is 48.6 Å². The summed E-state index contributed by atoms with van der Waals surface area (Å²) in [5.41, 5.74) is 9.92. The average molecular weight is 470 g/mol. The van der Waals surface area contributed by atoms with E-state index in [1.807, 2.05) is 25.1 Å². The van der Waals surface area contributed by atoms with Gasteiger partial charge in [-0.2, -0.15) is 5.10 Å². The highest BCUT2D eigenvalue weighted by atomic mass is 16.2. The largest absolute Gasteiger partial charge is 0.354 e. The fraction of sp³-hybridized carbons (Fsp3) is 0.414. The molecule has 0 bridgehead atoms. The number of aryl methyl sites for hydroxylation is 4. The van der Waals surface area contributed by atoms with Crippen LogP contribution in [0.1, 0.15) is 77.1 Å². The van der Waals surface area contributed by atoms with Crippen LogP contribution in [0.5, 0.6) is 0 Å². The minimum atomic E-state index is 0.102. The minimum Gasteiger partial charge on any atom is -0.354 e. The molecule has 6 heteroatoms. The number of rotatable bonds is 4. The van der Waals surface area contributed by atoms with Gasteiger partial charge < -0.3 is 9.88 Å². The number of benzene rings is 1. The maximum atomic E-state index is 13.0. The molecule has 35 heavy (non-hydrogen) atoms. The van der Waals surface area contributed by atoms with Gasteiger partial charge in [-0.3, -0.25) is 14.5 Å². The maximum Gasteiger partial charge on any atom is 0.257 e. The number of piperidine rings is 1. The third-order valence-electron chi connectivity index (χ3n) is 7.31. The minimum absolute atomic E-state index is 0.102. The van der Waals surface area contributed by atoms with E-state index in [1.165, 1.54) is 33.3 Å². The number of carbonyl (C=O) groups is 1. The van der Waals surface area contributed by atoms with Crippen molar-refractivity contribution in [1.29, 1.82) is 0 Å². The molecular formula is C29H35N5O. The number of amides is 1. The van der Waals surface area contributed by atoms with Crippen LogP contribution in [0.4, 0.5) is 0 Å². The van der Waals surface area contributed by atoms with Crippen molar-refractivity contribution in [1.82, 2.24) is 24.6 Å². The molecular weight excluding hydrogens is 434 g/mol. The SMILES string of the molecule is Cc1cc(-c2[nH]c3ccc(C4CCN(C(=O)c5cn(C)nc5C)CC4)cc3c2C(C)C)cc(C)n1. The van der Waals surface area contributed by atoms with Gasteiger partial charge in [0.05, 0.1) is 17.0 Å². The van der Waals surface area contributed by atoms with Crippen molar-refractivity contribution in [3.05, 3.63) is 70.3 Å². The first-order chi connectivity index (χ1) is 16.7. The first-order valence-electron chi connectivity index (χ1n) is 12.6. The number of pyridine rings is 1. The van der Waals surface area contributed by atoms with Crippen molar-refractivity contribution in [2.45, 2.75) is 59.3 Å². The Kier molecular flexibility index (Phi) is 5.99. The van der Waals surface area contributed by atoms with E-state index in [9.17, 15) is 4.79 Å². The van der Waals surface area contributed by atoms with Crippen LogP contribution >= 0.6 is 0 Å². The summed E-state index contributed by atoms with van der Waals surface area (Å²) < 4.78 is 1.72. The molecule has 6 nitrogen and oxygen atoms in total. The van der Waals surface area contributed by atoms with Crippen LogP contribution in [0.3, 0.4) is 0 Å². The number of fused-ring (bicyclic) bond motifs is 1. The van der Waals surface area contributed by atoms with Gasteiger partial charge in [-0.1, -0.05) is 19.9 Å². The summed E-state index contributed by atoms with van der Waals surface area (Å²) in [6.45, 7) is 12.1. The highest BCUT2D eigenvalue weighted by Crippen LogP contribution is 2.38. The number of hydrogen-bond donors (Lipinski definition) is 1. The van der Waals surface area contributed by atoms with Crippen LogP contribution in [-0.2, 0) is 7.05 Å². The lowest BCUT2D eigenvalue weighted by Crippen LogP contribution is -2.38. The van der Waals surface area contributed by atoms with Crippen molar-refractivity contribution < 1.29 is 4.79 Å². The molecule has 1 aromatic carbocycles. The number of carbonyl (C=O) groups excluding carboxylic acids is 1. The molecule has 4 aromatic rings. The molecule has 3 aromatic heterocycles. The van der Waals surface area contributed by atoms with Crippen molar-refractivity contribution in [3.63, 3.8) is 0 Å². The van der Waals surface area contributed by atoms with Gasteiger partial charge in [-0.25, -0.2) is 0 Å². The van der Waals surface area contributed by atoms with Gasteiger partial charge >= 0.3 is 0 Å². The van der Waals surface area contributed by atoms with Gasteiger partial charge in [-0.05, 0) is 80.8 Å². The lowest BCUT2D eigenvalue weighted by Gasteiger charge is -2.32. The number of aromatic amines is 1. The summed E-state index contributed by atoms with van der Waals surface area (Å²) in [4.78, 5) is 23.3. The van der Waals surface area contributed by atoms with Crippen molar-refractivity contribution in [2.24, 2.45) is 7.05 Å². The quantitative estimate of drug-likeness (QED) is 0.397. The van der Waals surface area contributed by atoms with E-state index in [4.69, 9.17) is 0 Å². The number of nitrogens with one attached hydrogen (secondary N) is 1.